The summed E-state index contributed by atoms with van der Waals surface area (Å²) in [6.45, 7) is 1.01. The number of rotatable bonds is 7. The van der Waals surface area contributed by atoms with E-state index in [-0.39, 0.29) is 25.2 Å². The molecule has 4 N–H and O–H groups in total. The van der Waals surface area contributed by atoms with Gasteiger partial charge in [-0.2, -0.15) is 0 Å². The van der Waals surface area contributed by atoms with Gasteiger partial charge in [0.2, 0.25) is 0 Å². The van der Waals surface area contributed by atoms with E-state index in [4.69, 9.17) is 20.4 Å². The van der Waals surface area contributed by atoms with Gasteiger partial charge in [0.05, 0.1) is 13.0 Å². The smallest absolute Gasteiger partial charge is 0.314 e. The van der Waals surface area contributed by atoms with Crippen molar-refractivity contribution in [1.82, 2.24) is 4.90 Å². The quantitative estimate of drug-likeness (QED) is 0.413. The van der Waals surface area contributed by atoms with Gasteiger partial charge in [0.15, 0.2) is 6.29 Å². The van der Waals surface area contributed by atoms with Crippen LogP contribution in [0.2, 0.25) is 0 Å². The molecule has 18 heavy (non-hydrogen) atoms. The second kappa shape index (κ2) is 6.31. The molecular weight excluding hydrogens is 244 g/mol. The summed E-state index contributed by atoms with van der Waals surface area (Å²) in [6.07, 6.45) is -2.22. The van der Waals surface area contributed by atoms with Crippen molar-refractivity contribution >= 4 is 17.8 Å². The lowest BCUT2D eigenvalue weighted by atomic mass is 10.0. The highest BCUT2D eigenvalue weighted by atomic mass is 16.5. The van der Waals surface area contributed by atoms with Gasteiger partial charge in [-0.3, -0.25) is 14.6 Å². The summed E-state index contributed by atoms with van der Waals surface area (Å²) in [5.41, 5.74) is 0. The van der Waals surface area contributed by atoms with Crippen LogP contribution >= 0.6 is 0 Å². The van der Waals surface area contributed by atoms with Gasteiger partial charge in [-0.15, -0.1) is 0 Å². The molecule has 0 saturated heterocycles. The van der Waals surface area contributed by atoms with Gasteiger partial charge in [-0.1, -0.05) is 0 Å². The van der Waals surface area contributed by atoms with Gasteiger partial charge >= 0.3 is 11.9 Å². The van der Waals surface area contributed by atoms with E-state index < -0.39 is 24.1 Å². The summed E-state index contributed by atoms with van der Waals surface area (Å²) in [4.78, 5) is 27.1. The van der Waals surface area contributed by atoms with Crippen LogP contribution in [0.5, 0.6) is 0 Å². The highest BCUT2D eigenvalue weighted by Crippen LogP contribution is 2.16. The average molecular weight is 260 g/mol. The number of carboxylic acids is 2. The van der Waals surface area contributed by atoms with E-state index in [1.807, 2.05) is 0 Å². The van der Waals surface area contributed by atoms with Gasteiger partial charge in [0.25, 0.3) is 0 Å². The van der Waals surface area contributed by atoms with Crippen LogP contribution in [0.25, 0.3) is 0 Å². The normalized spacial score (nSPS) is 16.8. The Morgan fingerprint density at radius 2 is 2.00 bits per heavy atom. The van der Waals surface area contributed by atoms with E-state index in [1.54, 1.807) is 4.90 Å². The van der Waals surface area contributed by atoms with Crippen LogP contribution in [0.4, 0.5) is 0 Å². The molecule has 0 radical (unpaired) electrons. The number of hydrogen-bond donors (Lipinski definition) is 4. The van der Waals surface area contributed by atoms with E-state index in [2.05, 4.69) is 4.99 Å². The van der Waals surface area contributed by atoms with E-state index in [0.717, 1.165) is 0 Å². The van der Waals surface area contributed by atoms with Crippen LogP contribution < -0.4 is 0 Å². The van der Waals surface area contributed by atoms with E-state index >= 15 is 0 Å². The van der Waals surface area contributed by atoms with Gasteiger partial charge in [-0.25, -0.2) is 0 Å². The van der Waals surface area contributed by atoms with Crippen molar-refractivity contribution in [1.29, 1.82) is 0 Å². The maximum absolute atomic E-state index is 11.1. The van der Waals surface area contributed by atoms with Crippen LogP contribution in [0, 0.1) is 5.92 Å². The third-order valence-electron chi connectivity index (χ3n) is 2.62. The second-order valence-corrected chi connectivity index (χ2v) is 3.98. The lowest BCUT2D eigenvalue weighted by molar-refractivity contribution is -0.143. The molecule has 1 atom stereocenters. The first-order chi connectivity index (χ1) is 8.41. The fourth-order valence-corrected chi connectivity index (χ4v) is 1.81. The van der Waals surface area contributed by atoms with Crippen molar-refractivity contribution in [3.63, 3.8) is 0 Å². The number of hydrogen-bond acceptors (Lipinski definition) is 6. The van der Waals surface area contributed by atoms with Crippen molar-refractivity contribution in [3.05, 3.63) is 0 Å². The summed E-state index contributed by atoms with van der Waals surface area (Å²) in [5.74, 6) is -3.09. The maximum atomic E-state index is 11.1. The van der Waals surface area contributed by atoms with Crippen molar-refractivity contribution in [2.24, 2.45) is 10.9 Å². The Balaban J connectivity index is 2.70. The van der Waals surface area contributed by atoms with Crippen molar-refractivity contribution in [2.45, 2.75) is 19.1 Å². The largest absolute Gasteiger partial charge is 0.481 e. The molecule has 0 aromatic rings. The number of nitrogens with zero attached hydrogens (tertiary/aromatic N) is 2. The maximum Gasteiger partial charge on any atom is 0.314 e. The first-order valence-electron chi connectivity index (χ1n) is 5.52. The van der Waals surface area contributed by atoms with Crippen LogP contribution in [-0.4, -0.2) is 69.0 Å². The molecule has 0 bridgehead atoms. The molecule has 102 valence electrons. The van der Waals surface area contributed by atoms with Crippen LogP contribution in [0.15, 0.2) is 4.99 Å². The summed E-state index contributed by atoms with van der Waals surface area (Å²) < 4.78 is 0. The predicted octanol–water partition coefficient (Wildman–Crippen LogP) is -1.42. The minimum Gasteiger partial charge on any atom is -0.481 e. The number of carbonyl (C=O) groups is 2. The van der Waals surface area contributed by atoms with Crippen molar-refractivity contribution in [2.75, 3.05) is 19.6 Å². The molecule has 0 aromatic carbocycles. The molecule has 8 nitrogen and oxygen atoms in total. The molecule has 0 spiro atoms. The molecule has 1 rings (SSSR count). The van der Waals surface area contributed by atoms with Gasteiger partial charge in [-0.05, 0) is 0 Å². The lowest BCUT2D eigenvalue weighted by Gasteiger charge is -2.24. The van der Waals surface area contributed by atoms with E-state index in [9.17, 15) is 9.59 Å². The molecule has 1 heterocycles. The Bertz CT molecular complexity index is 354. The average Bonchev–Trinajstić information content (AvgIpc) is 2.70. The lowest BCUT2D eigenvalue weighted by Crippen LogP contribution is -2.39. The van der Waals surface area contributed by atoms with Gasteiger partial charge < -0.3 is 25.3 Å². The first kappa shape index (κ1) is 14.4. The topological polar surface area (TPSA) is 131 Å². The number of aliphatic carboxylic acids is 2. The van der Waals surface area contributed by atoms with Crippen LogP contribution in [0.3, 0.4) is 0 Å². The fourth-order valence-electron chi connectivity index (χ4n) is 1.81. The fraction of sp³-hybridized carbons (Fsp3) is 0.700. The van der Waals surface area contributed by atoms with E-state index in [0.29, 0.717) is 13.1 Å². The molecule has 8 heteroatoms. The highest BCUT2D eigenvalue weighted by molar-refractivity contribution is 6.01. The Morgan fingerprint density at radius 3 is 2.50 bits per heavy atom. The molecule has 1 aliphatic heterocycles. The third kappa shape index (κ3) is 3.97. The molecule has 0 saturated carbocycles. The van der Waals surface area contributed by atoms with E-state index in [1.165, 1.54) is 0 Å². The predicted molar refractivity (Wildman–Crippen MR) is 60.1 cm³/mol. The van der Waals surface area contributed by atoms with Crippen LogP contribution in [0.1, 0.15) is 12.8 Å². The number of aliphatic hydroxyl groups is 2. The van der Waals surface area contributed by atoms with Crippen molar-refractivity contribution < 1.29 is 30.0 Å². The van der Waals surface area contributed by atoms with Crippen molar-refractivity contribution in [3.8, 4) is 0 Å². The Hall–Kier alpha value is -1.67. The molecule has 1 unspecified atom stereocenters. The molecular formula is C10H16N2O6. The Morgan fingerprint density at radius 1 is 1.33 bits per heavy atom. The minimum absolute atomic E-state index is 0.118. The van der Waals surface area contributed by atoms with Crippen LogP contribution in [-0.2, 0) is 9.59 Å². The SMILES string of the molecule is O=C(O)CCN1CCN=C1C(CC(O)O)C(=O)O. The van der Waals surface area contributed by atoms with Gasteiger partial charge in [0.1, 0.15) is 11.8 Å². The Kier molecular flexibility index (Phi) is 5.05. The second-order valence-electron chi connectivity index (χ2n) is 3.98. The standard InChI is InChI=1S/C10H16N2O6/c13-7(14)1-3-12-4-2-11-9(12)6(10(17)18)5-8(15)16/h6,8,15-16H,1-5H2,(H,13,14)(H,17,18). The highest BCUT2D eigenvalue weighted by Gasteiger charge is 2.32. The number of aliphatic imine (C=N–C) groups is 1. The molecule has 0 aliphatic carbocycles. The zero-order chi connectivity index (χ0) is 13.7. The summed E-state index contributed by atoms with van der Waals surface area (Å²) >= 11 is 0. The first-order valence-corrected chi connectivity index (χ1v) is 5.52. The molecule has 0 amide bonds. The third-order valence-corrected chi connectivity index (χ3v) is 2.62. The monoisotopic (exact) mass is 260 g/mol. The molecule has 1 aliphatic rings. The summed E-state index contributed by atoms with van der Waals surface area (Å²) in [6, 6.07) is 0. The Labute approximate surface area is 103 Å². The number of aliphatic hydroxyl groups excluding tert-OH is 1. The zero-order valence-corrected chi connectivity index (χ0v) is 9.69. The zero-order valence-electron chi connectivity index (χ0n) is 9.69. The summed E-state index contributed by atoms with van der Waals surface area (Å²) in [7, 11) is 0. The summed E-state index contributed by atoms with van der Waals surface area (Å²) in [5, 5.41) is 35.3. The number of carboxylic acid groups (broad SMARTS) is 2. The number of amidine groups is 1. The molecule has 0 fully saturated rings. The molecule has 0 aromatic heterocycles. The van der Waals surface area contributed by atoms with Gasteiger partial charge in [0, 0.05) is 19.5 Å². The minimum atomic E-state index is -1.74.